The Hall–Kier alpha value is -2.34. The van der Waals surface area contributed by atoms with E-state index in [4.69, 9.17) is 0 Å². The Morgan fingerprint density at radius 3 is 2.86 bits per heavy atom. The normalized spacial score (nSPS) is 19.5. The number of para-hydroxylation sites is 1. The first-order valence-corrected chi connectivity index (χ1v) is 7.32. The van der Waals surface area contributed by atoms with Gasteiger partial charge in [0.1, 0.15) is 6.04 Å². The molecular weight excluding hydrogens is 282 g/mol. The predicted molar refractivity (Wildman–Crippen MR) is 82.6 cm³/mol. The molecule has 1 atom stereocenters. The van der Waals surface area contributed by atoms with E-state index in [-0.39, 0.29) is 12.5 Å². The minimum Gasteiger partial charge on any atom is -0.480 e. The molecule has 6 heteroatoms. The Balaban J connectivity index is 1.73. The van der Waals surface area contributed by atoms with Crippen LogP contribution in [-0.2, 0) is 16.0 Å². The topological polar surface area (TPSA) is 76.6 Å². The zero-order valence-electron chi connectivity index (χ0n) is 12.5. The second-order valence-electron chi connectivity index (χ2n) is 5.71. The van der Waals surface area contributed by atoms with Crippen LogP contribution in [0.5, 0.6) is 0 Å². The smallest absolute Gasteiger partial charge is 0.322 e. The molecule has 1 aliphatic heterocycles. The average Bonchev–Trinajstić information content (AvgIpc) is 2.90. The molecule has 3 rings (SSSR count). The SMILES string of the molecule is CN1CCN(C(=O)Cc2c[nH]c3ccccc23)CC1C(=O)O. The number of fused-ring (bicyclic) bond motifs is 1. The van der Waals surface area contributed by atoms with Crippen molar-refractivity contribution in [2.75, 3.05) is 26.7 Å². The number of carbonyl (C=O) groups excluding carboxylic acids is 1. The van der Waals surface area contributed by atoms with E-state index in [9.17, 15) is 14.7 Å². The highest BCUT2D eigenvalue weighted by Gasteiger charge is 2.32. The molecule has 1 unspecified atom stereocenters. The van der Waals surface area contributed by atoms with Crippen LogP contribution in [0.15, 0.2) is 30.5 Å². The fourth-order valence-corrected chi connectivity index (χ4v) is 2.92. The first-order valence-electron chi connectivity index (χ1n) is 7.32. The maximum absolute atomic E-state index is 12.5. The summed E-state index contributed by atoms with van der Waals surface area (Å²) in [5.41, 5.74) is 1.96. The van der Waals surface area contributed by atoms with Crippen molar-refractivity contribution < 1.29 is 14.7 Å². The standard InChI is InChI=1S/C16H19N3O3/c1-18-6-7-19(10-14(18)16(21)22)15(20)8-11-9-17-13-5-3-2-4-12(11)13/h2-5,9,14,17H,6-8,10H2,1H3,(H,21,22). The van der Waals surface area contributed by atoms with E-state index in [0.717, 1.165) is 16.5 Å². The lowest BCUT2D eigenvalue weighted by Crippen LogP contribution is -2.56. The van der Waals surface area contributed by atoms with Gasteiger partial charge in [-0.1, -0.05) is 18.2 Å². The molecule has 6 nitrogen and oxygen atoms in total. The van der Waals surface area contributed by atoms with Gasteiger partial charge in [-0.25, -0.2) is 0 Å². The van der Waals surface area contributed by atoms with E-state index in [1.54, 1.807) is 16.8 Å². The number of H-pyrrole nitrogens is 1. The lowest BCUT2D eigenvalue weighted by Gasteiger charge is -2.37. The number of nitrogens with one attached hydrogen (secondary N) is 1. The number of benzene rings is 1. The molecule has 116 valence electrons. The first-order chi connectivity index (χ1) is 10.6. The van der Waals surface area contributed by atoms with Gasteiger partial charge in [-0.05, 0) is 18.7 Å². The number of carboxylic acid groups (broad SMARTS) is 1. The van der Waals surface area contributed by atoms with Crippen LogP contribution in [0.25, 0.3) is 10.9 Å². The van der Waals surface area contributed by atoms with E-state index in [1.807, 2.05) is 30.5 Å². The van der Waals surface area contributed by atoms with Crippen LogP contribution in [0.1, 0.15) is 5.56 Å². The summed E-state index contributed by atoms with van der Waals surface area (Å²) in [5.74, 6) is -0.906. The van der Waals surface area contributed by atoms with Crippen LogP contribution < -0.4 is 0 Å². The van der Waals surface area contributed by atoms with Gasteiger partial charge in [-0.15, -0.1) is 0 Å². The van der Waals surface area contributed by atoms with Crippen molar-refractivity contribution in [1.82, 2.24) is 14.8 Å². The van der Waals surface area contributed by atoms with Crippen LogP contribution in [0.3, 0.4) is 0 Å². The molecule has 0 bridgehead atoms. The van der Waals surface area contributed by atoms with Crippen molar-refractivity contribution in [2.24, 2.45) is 0 Å². The van der Waals surface area contributed by atoms with Gasteiger partial charge in [0.05, 0.1) is 6.42 Å². The third-order valence-electron chi connectivity index (χ3n) is 4.30. The lowest BCUT2D eigenvalue weighted by atomic mass is 10.1. The van der Waals surface area contributed by atoms with E-state index in [1.165, 1.54) is 0 Å². The number of aromatic nitrogens is 1. The molecule has 1 fully saturated rings. The molecule has 0 radical (unpaired) electrons. The molecule has 0 spiro atoms. The molecule has 0 aliphatic carbocycles. The summed E-state index contributed by atoms with van der Waals surface area (Å²) < 4.78 is 0. The number of carbonyl (C=O) groups is 2. The Kier molecular flexibility index (Phi) is 3.85. The maximum Gasteiger partial charge on any atom is 0.322 e. The Bertz CT molecular complexity index is 709. The summed E-state index contributed by atoms with van der Waals surface area (Å²) in [6.07, 6.45) is 2.15. The molecule has 1 aliphatic rings. The second-order valence-corrected chi connectivity index (χ2v) is 5.71. The van der Waals surface area contributed by atoms with Crippen molar-refractivity contribution in [3.63, 3.8) is 0 Å². The summed E-state index contributed by atoms with van der Waals surface area (Å²) in [6.45, 7) is 1.39. The number of hydrogen-bond acceptors (Lipinski definition) is 3. The van der Waals surface area contributed by atoms with Crippen molar-refractivity contribution in [2.45, 2.75) is 12.5 Å². The zero-order chi connectivity index (χ0) is 15.7. The fraction of sp³-hybridized carbons (Fsp3) is 0.375. The zero-order valence-corrected chi connectivity index (χ0v) is 12.5. The number of likely N-dealkylation sites (N-methyl/N-ethyl adjacent to an activating group) is 1. The quantitative estimate of drug-likeness (QED) is 0.884. The summed E-state index contributed by atoms with van der Waals surface area (Å²) in [4.78, 5) is 30.3. The molecule has 1 aromatic heterocycles. The summed E-state index contributed by atoms with van der Waals surface area (Å²) in [5, 5.41) is 10.3. The van der Waals surface area contributed by atoms with Gasteiger partial charge in [-0.3, -0.25) is 14.5 Å². The molecule has 2 aromatic rings. The number of aliphatic carboxylic acids is 1. The largest absolute Gasteiger partial charge is 0.480 e. The molecule has 2 heterocycles. The molecule has 1 amide bonds. The average molecular weight is 301 g/mol. The van der Waals surface area contributed by atoms with E-state index < -0.39 is 12.0 Å². The third kappa shape index (κ3) is 2.69. The number of nitrogens with zero attached hydrogens (tertiary/aromatic N) is 2. The van der Waals surface area contributed by atoms with Crippen molar-refractivity contribution >= 4 is 22.8 Å². The highest BCUT2D eigenvalue weighted by Crippen LogP contribution is 2.19. The molecular formula is C16H19N3O3. The van der Waals surface area contributed by atoms with Crippen molar-refractivity contribution in [3.05, 3.63) is 36.0 Å². The number of amides is 1. The van der Waals surface area contributed by atoms with Gasteiger partial charge in [-0.2, -0.15) is 0 Å². The van der Waals surface area contributed by atoms with Crippen LogP contribution in [0.2, 0.25) is 0 Å². The molecule has 22 heavy (non-hydrogen) atoms. The Labute approximate surface area is 128 Å². The molecule has 0 saturated carbocycles. The number of piperazine rings is 1. The maximum atomic E-state index is 12.5. The number of rotatable bonds is 3. The number of aromatic amines is 1. The fourth-order valence-electron chi connectivity index (χ4n) is 2.92. The number of hydrogen-bond donors (Lipinski definition) is 2. The van der Waals surface area contributed by atoms with Gasteiger partial charge in [0.15, 0.2) is 0 Å². The highest BCUT2D eigenvalue weighted by molar-refractivity contribution is 5.89. The van der Waals surface area contributed by atoms with Gasteiger partial charge < -0.3 is 15.0 Å². The highest BCUT2D eigenvalue weighted by atomic mass is 16.4. The second kappa shape index (κ2) is 5.81. The van der Waals surface area contributed by atoms with Crippen LogP contribution in [0.4, 0.5) is 0 Å². The van der Waals surface area contributed by atoms with Crippen molar-refractivity contribution in [3.8, 4) is 0 Å². The minimum absolute atomic E-state index is 0.0240. The van der Waals surface area contributed by atoms with Gasteiger partial charge in [0, 0.05) is 36.7 Å². The van der Waals surface area contributed by atoms with Crippen LogP contribution >= 0.6 is 0 Å². The summed E-state index contributed by atoms with van der Waals surface area (Å²) >= 11 is 0. The van der Waals surface area contributed by atoms with Crippen LogP contribution in [-0.4, -0.2) is 64.5 Å². The van der Waals surface area contributed by atoms with E-state index in [0.29, 0.717) is 19.5 Å². The summed E-state index contributed by atoms with van der Waals surface area (Å²) in [7, 11) is 1.78. The predicted octanol–water partition coefficient (Wildman–Crippen LogP) is 0.938. The minimum atomic E-state index is -0.882. The van der Waals surface area contributed by atoms with Gasteiger partial charge >= 0.3 is 5.97 Å². The van der Waals surface area contributed by atoms with Gasteiger partial charge in [0.2, 0.25) is 5.91 Å². The third-order valence-corrected chi connectivity index (χ3v) is 4.30. The van der Waals surface area contributed by atoms with Crippen molar-refractivity contribution in [1.29, 1.82) is 0 Å². The lowest BCUT2D eigenvalue weighted by molar-refractivity contribution is -0.147. The first kappa shape index (κ1) is 14.6. The number of carboxylic acids is 1. The Morgan fingerprint density at radius 1 is 1.32 bits per heavy atom. The van der Waals surface area contributed by atoms with Gasteiger partial charge in [0.25, 0.3) is 0 Å². The van der Waals surface area contributed by atoms with Crippen LogP contribution in [0, 0.1) is 0 Å². The Morgan fingerprint density at radius 2 is 2.09 bits per heavy atom. The molecule has 2 N–H and O–H groups in total. The molecule has 1 saturated heterocycles. The monoisotopic (exact) mass is 301 g/mol. The molecule has 1 aromatic carbocycles. The van der Waals surface area contributed by atoms with E-state index >= 15 is 0 Å². The summed E-state index contributed by atoms with van der Waals surface area (Å²) in [6, 6.07) is 7.22. The van der Waals surface area contributed by atoms with E-state index in [2.05, 4.69) is 4.98 Å².